The van der Waals surface area contributed by atoms with Gasteiger partial charge in [0, 0.05) is 38.4 Å². The zero-order chi connectivity index (χ0) is 19.3. The molecule has 2 saturated heterocycles. The maximum atomic E-state index is 13.2. The molecule has 5 nitrogen and oxygen atoms in total. The summed E-state index contributed by atoms with van der Waals surface area (Å²) in [6.45, 7) is 5.22. The number of benzene rings is 2. The summed E-state index contributed by atoms with van der Waals surface area (Å²) >= 11 is 0. The van der Waals surface area contributed by atoms with E-state index in [2.05, 4.69) is 51.1 Å². The predicted octanol–water partition coefficient (Wildman–Crippen LogP) is 3.01. The van der Waals surface area contributed by atoms with E-state index in [0.717, 1.165) is 57.9 Å². The normalized spacial score (nSPS) is 20.4. The Morgan fingerprint density at radius 1 is 0.964 bits per heavy atom. The lowest BCUT2D eigenvalue weighted by Crippen LogP contribution is -2.53. The first kappa shape index (κ1) is 18.8. The highest BCUT2D eigenvalue weighted by atomic mass is 16.5. The molecule has 1 unspecified atom stereocenters. The van der Waals surface area contributed by atoms with Crippen LogP contribution in [0.3, 0.4) is 0 Å². The monoisotopic (exact) mass is 379 g/mol. The Labute approximate surface area is 167 Å². The van der Waals surface area contributed by atoms with Gasteiger partial charge >= 0.3 is 0 Å². The van der Waals surface area contributed by atoms with Crippen LogP contribution in [0.15, 0.2) is 54.6 Å². The molecule has 28 heavy (non-hydrogen) atoms. The van der Waals surface area contributed by atoms with Crippen LogP contribution in [0.5, 0.6) is 5.75 Å². The zero-order valence-corrected chi connectivity index (χ0v) is 16.6. The van der Waals surface area contributed by atoms with Gasteiger partial charge in [0.1, 0.15) is 5.75 Å². The fourth-order valence-corrected chi connectivity index (χ4v) is 4.30. The van der Waals surface area contributed by atoms with Crippen molar-refractivity contribution in [2.75, 3.05) is 44.7 Å². The smallest absolute Gasteiger partial charge is 0.240 e. The molecule has 2 aliphatic heterocycles. The van der Waals surface area contributed by atoms with E-state index in [0.29, 0.717) is 5.91 Å². The fraction of sp³-hybridized carbons (Fsp3) is 0.435. The number of piperazine rings is 1. The SMILES string of the molecule is COc1ccc(N2CCN(C(=O)C3CCCN3Cc3ccccc3)CC2)cc1. The number of carbonyl (C=O) groups excluding carboxylic acids is 1. The Hall–Kier alpha value is -2.53. The fourth-order valence-electron chi connectivity index (χ4n) is 4.30. The lowest BCUT2D eigenvalue weighted by atomic mass is 10.1. The second-order valence-electron chi connectivity index (χ2n) is 7.62. The number of amides is 1. The molecule has 2 fully saturated rings. The lowest BCUT2D eigenvalue weighted by Gasteiger charge is -2.38. The van der Waals surface area contributed by atoms with E-state index < -0.39 is 0 Å². The molecular formula is C23H29N3O2. The van der Waals surface area contributed by atoms with E-state index in [9.17, 15) is 4.79 Å². The lowest BCUT2D eigenvalue weighted by molar-refractivity contribution is -0.136. The Morgan fingerprint density at radius 3 is 2.36 bits per heavy atom. The van der Waals surface area contributed by atoms with Crippen molar-refractivity contribution in [3.05, 3.63) is 60.2 Å². The predicted molar refractivity (Wildman–Crippen MR) is 112 cm³/mol. The quantitative estimate of drug-likeness (QED) is 0.800. The van der Waals surface area contributed by atoms with Crippen LogP contribution in [0, 0.1) is 0 Å². The summed E-state index contributed by atoms with van der Waals surface area (Å²) in [5, 5.41) is 0. The number of likely N-dealkylation sites (tertiary alicyclic amines) is 1. The molecule has 0 aromatic heterocycles. The second-order valence-corrected chi connectivity index (χ2v) is 7.62. The first-order chi connectivity index (χ1) is 13.7. The molecule has 0 spiro atoms. The molecule has 2 aromatic rings. The van der Waals surface area contributed by atoms with Crippen LogP contribution in [-0.2, 0) is 11.3 Å². The summed E-state index contributed by atoms with van der Waals surface area (Å²) in [4.78, 5) is 19.9. The minimum Gasteiger partial charge on any atom is -0.497 e. The van der Waals surface area contributed by atoms with Gasteiger partial charge in [-0.05, 0) is 49.2 Å². The van der Waals surface area contributed by atoms with E-state index in [1.165, 1.54) is 11.3 Å². The minimum absolute atomic E-state index is 0.0349. The van der Waals surface area contributed by atoms with Crippen molar-refractivity contribution in [1.29, 1.82) is 0 Å². The van der Waals surface area contributed by atoms with E-state index in [1.807, 2.05) is 18.2 Å². The van der Waals surface area contributed by atoms with Gasteiger partial charge in [-0.25, -0.2) is 0 Å². The molecule has 2 heterocycles. The summed E-state index contributed by atoms with van der Waals surface area (Å²) in [6, 6.07) is 18.7. The van der Waals surface area contributed by atoms with Crippen LogP contribution in [0.2, 0.25) is 0 Å². The van der Waals surface area contributed by atoms with E-state index in [-0.39, 0.29) is 6.04 Å². The number of methoxy groups -OCH3 is 1. The van der Waals surface area contributed by atoms with Crippen molar-refractivity contribution in [3.8, 4) is 5.75 Å². The number of hydrogen-bond donors (Lipinski definition) is 0. The van der Waals surface area contributed by atoms with Crippen molar-refractivity contribution in [3.63, 3.8) is 0 Å². The van der Waals surface area contributed by atoms with Crippen molar-refractivity contribution in [1.82, 2.24) is 9.80 Å². The van der Waals surface area contributed by atoms with Gasteiger partial charge in [0.05, 0.1) is 13.2 Å². The van der Waals surface area contributed by atoms with E-state index >= 15 is 0 Å². The average Bonchev–Trinajstić information content (AvgIpc) is 3.22. The van der Waals surface area contributed by atoms with Crippen molar-refractivity contribution < 1.29 is 9.53 Å². The topological polar surface area (TPSA) is 36.0 Å². The molecule has 0 bridgehead atoms. The number of ether oxygens (including phenoxy) is 1. The molecule has 2 aromatic carbocycles. The van der Waals surface area contributed by atoms with Gasteiger partial charge in [0.15, 0.2) is 0 Å². The Morgan fingerprint density at radius 2 is 1.68 bits per heavy atom. The number of anilines is 1. The third kappa shape index (κ3) is 4.14. The number of hydrogen-bond acceptors (Lipinski definition) is 4. The summed E-state index contributed by atoms with van der Waals surface area (Å²) < 4.78 is 5.24. The Balaban J connectivity index is 1.34. The van der Waals surface area contributed by atoms with Crippen LogP contribution in [0.25, 0.3) is 0 Å². The molecule has 1 amide bonds. The first-order valence-electron chi connectivity index (χ1n) is 10.2. The molecule has 0 radical (unpaired) electrons. The Kier molecular flexibility index (Phi) is 5.81. The summed E-state index contributed by atoms with van der Waals surface area (Å²) in [7, 11) is 1.68. The van der Waals surface area contributed by atoms with Gasteiger partial charge in [-0.3, -0.25) is 9.69 Å². The third-order valence-corrected chi connectivity index (χ3v) is 5.91. The summed E-state index contributed by atoms with van der Waals surface area (Å²) in [5.41, 5.74) is 2.48. The van der Waals surface area contributed by atoms with Gasteiger partial charge in [-0.2, -0.15) is 0 Å². The number of carbonyl (C=O) groups is 1. The molecule has 0 aliphatic carbocycles. The molecule has 4 rings (SSSR count). The maximum absolute atomic E-state index is 13.2. The molecular weight excluding hydrogens is 350 g/mol. The van der Waals surface area contributed by atoms with Gasteiger partial charge in [0.25, 0.3) is 0 Å². The van der Waals surface area contributed by atoms with Crippen molar-refractivity contribution in [2.45, 2.75) is 25.4 Å². The van der Waals surface area contributed by atoms with E-state index in [4.69, 9.17) is 4.74 Å². The van der Waals surface area contributed by atoms with Gasteiger partial charge < -0.3 is 14.5 Å². The standard InChI is InChI=1S/C23H29N3O2/c1-28-21-11-9-20(10-12-21)24-14-16-25(17-15-24)23(27)22-8-5-13-26(22)18-19-6-3-2-4-7-19/h2-4,6-7,9-12,22H,5,8,13-18H2,1H3. The largest absolute Gasteiger partial charge is 0.497 e. The molecule has 148 valence electrons. The van der Waals surface area contributed by atoms with Gasteiger partial charge in [0.2, 0.25) is 5.91 Å². The average molecular weight is 380 g/mol. The third-order valence-electron chi connectivity index (χ3n) is 5.91. The number of rotatable bonds is 5. The molecule has 0 saturated carbocycles. The van der Waals surface area contributed by atoms with Crippen LogP contribution in [0.4, 0.5) is 5.69 Å². The summed E-state index contributed by atoms with van der Waals surface area (Å²) in [6.07, 6.45) is 2.08. The van der Waals surface area contributed by atoms with Crippen molar-refractivity contribution in [2.24, 2.45) is 0 Å². The van der Waals surface area contributed by atoms with Crippen LogP contribution < -0.4 is 9.64 Å². The van der Waals surface area contributed by atoms with Crippen LogP contribution >= 0.6 is 0 Å². The van der Waals surface area contributed by atoms with Crippen LogP contribution in [0.1, 0.15) is 18.4 Å². The highest BCUT2D eigenvalue weighted by Gasteiger charge is 2.34. The molecule has 0 N–H and O–H groups in total. The highest BCUT2D eigenvalue weighted by molar-refractivity contribution is 5.82. The number of nitrogens with zero attached hydrogens (tertiary/aromatic N) is 3. The molecule has 5 heteroatoms. The minimum atomic E-state index is 0.0349. The first-order valence-corrected chi connectivity index (χ1v) is 10.2. The van der Waals surface area contributed by atoms with Crippen LogP contribution in [-0.4, -0.2) is 61.6 Å². The Bertz CT molecular complexity index is 770. The summed E-state index contributed by atoms with van der Waals surface area (Å²) in [5.74, 6) is 1.18. The zero-order valence-electron chi connectivity index (χ0n) is 16.6. The second kappa shape index (κ2) is 8.65. The van der Waals surface area contributed by atoms with Gasteiger partial charge in [-0.1, -0.05) is 30.3 Å². The highest BCUT2D eigenvalue weighted by Crippen LogP contribution is 2.24. The molecule has 1 atom stereocenters. The maximum Gasteiger partial charge on any atom is 0.240 e. The van der Waals surface area contributed by atoms with Crippen molar-refractivity contribution >= 4 is 11.6 Å². The molecule has 2 aliphatic rings. The van der Waals surface area contributed by atoms with Gasteiger partial charge in [-0.15, -0.1) is 0 Å². The van der Waals surface area contributed by atoms with E-state index in [1.54, 1.807) is 7.11 Å².